The lowest BCUT2D eigenvalue weighted by molar-refractivity contribution is 1.17. The van der Waals surface area contributed by atoms with E-state index in [9.17, 15) is 0 Å². The molecule has 13 heavy (non-hydrogen) atoms. The first-order valence-corrected chi connectivity index (χ1v) is 4.31. The molecule has 0 aromatic heterocycles. The summed E-state index contributed by atoms with van der Waals surface area (Å²) in [5, 5.41) is 0. The summed E-state index contributed by atoms with van der Waals surface area (Å²) in [6.45, 7) is 0. The zero-order chi connectivity index (χ0) is 8.67. The van der Waals surface area contributed by atoms with Gasteiger partial charge in [0.15, 0.2) is 0 Å². The molecule has 1 aromatic carbocycles. The SMILES string of the molecule is [C]1=[C]C2=Nc3ccccc3C2C=C1. The van der Waals surface area contributed by atoms with E-state index in [2.05, 4.69) is 29.3 Å². The van der Waals surface area contributed by atoms with E-state index in [1.54, 1.807) is 0 Å². The Labute approximate surface area is 77.1 Å². The van der Waals surface area contributed by atoms with Crippen LogP contribution < -0.4 is 0 Å². The molecule has 1 aliphatic carbocycles. The van der Waals surface area contributed by atoms with Crippen LogP contribution in [0.2, 0.25) is 0 Å². The van der Waals surface area contributed by atoms with Crippen LogP contribution in [0.3, 0.4) is 0 Å². The first kappa shape index (κ1) is 6.84. The fraction of sp³-hybridized carbons (Fsp3) is 0.0833. The summed E-state index contributed by atoms with van der Waals surface area (Å²) in [7, 11) is 0. The van der Waals surface area contributed by atoms with Crippen LogP contribution in [0.5, 0.6) is 0 Å². The van der Waals surface area contributed by atoms with Crippen LogP contribution in [0.15, 0.2) is 41.4 Å². The van der Waals surface area contributed by atoms with Crippen molar-refractivity contribution < 1.29 is 0 Å². The molecule has 60 valence electrons. The van der Waals surface area contributed by atoms with Crippen molar-refractivity contribution in [3.63, 3.8) is 0 Å². The molecule has 0 saturated heterocycles. The van der Waals surface area contributed by atoms with Gasteiger partial charge in [0.2, 0.25) is 0 Å². The van der Waals surface area contributed by atoms with Crippen LogP contribution in [0.4, 0.5) is 5.69 Å². The summed E-state index contributed by atoms with van der Waals surface area (Å²) in [6.07, 6.45) is 9.99. The molecule has 1 heteroatoms. The molecule has 0 fully saturated rings. The number of para-hydroxylation sites is 1. The zero-order valence-corrected chi connectivity index (χ0v) is 6.99. The molecule has 1 unspecified atom stereocenters. The molecule has 0 bridgehead atoms. The molecule has 1 aromatic rings. The van der Waals surface area contributed by atoms with Crippen molar-refractivity contribution in [3.8, 4) is 0 Å². The average Bonchev–Trinajstić information content (AvgIpc) is 2.56. The van der Waals surface area contributed by atoms with Gasteiger partial charge in [-0.2, -0.15) is 0 Å². The molecule has 1 heterocycles. The minimum Gasteiger partial charge on any atom is -0.251 e. The zero-order valence-electron chi connectivity index (χ0n) is 6.99. The molecule has 1 atom stereocenters. The van der Waals surface area contributed by atoms with Gasteiger partial charge in [0.05, 0.1) is 11.4 Å². The topological polar surface area (TPSA) is 12.4 Å². The molecule has 0 saturated carbocycles. The third-order valence-electron chi connectivity index (χ3n) is 2.38. The lowest BCUT2D eigenvalue weighted by Crippen LogP contribution is -2.05. The van der Waals surface area contributed by atoms with Crippen molar-refractivity contribution in [2.75, 3.05) is 0 Å². The first-order valence-electron chi connectivity index (χ1n) is 4.31. The lowest BCUT2D eigenvalue weighted by Gasteiger charge is -2.08. The van der Waals surface area contributed by atoms with Gasteiger partial charge in [-0.3, -0.25) is 4.99 Å². The van der Waals surface area contributed by atoms with Crippen LogP contribution in [-0.4, -0.2) is 5.71 Å². The van der Waals surface area contributed by atoms with E-state index in [0.717, 1.165) is 11.4 Å². The number of hydrogen-bond donors (Lipinski definition) is 0. The Kier molecular flexibility index (Phi) is 1.28. The van der Waals surface area contributed by atoms with Gasteiger partial charge in [0.25, 0.3) is 0 Å². The highest BCUT2D eigenvalue weighted by Gasteiger charge is 2.24. The van der Waals surface area contributed by atoms with Crippen LogP contribution >= 0.6 is 0 Å². The van der Waals surface area contributed by atoms with Crippen LogP contribution in [0, 0.1) is 12.2 Å². The second-order valence-electron chi connectivity index (χ2n) is 3.16. The quantitative estimate of drug-likeness (QED) is 0.560. The van der Waals surface area contributed by atoms with E-state index in [1.807, 2.05) is 24.3 Å². The summed E-state index contributed by atoms with van der Waals surface area (Å²) in [4.78, 5) is 4.47. The van der Waals surface area contributed by atoms with Crippen molar-refractivity contribution in [2.45, 2.75) is 5.92 Å². The molecule has 2 radical (unpaired) electrons. The van der Waals surface area contributed by atoms with Gasteiger partial charge in [-0.1, -0.05) is 30.4 Å². The molecule has 0 N–H and O–H groups in total. The average molecular weight is 165 g/mol. The van der Waals surface area contributed by atoms with E-state index in [1.165, 1.54) is 5.56 Å². The highest BCUT2D eigenvalue weighted by atomic mass is 14.8. The summed E-state index contributed by atoms with van der Waals surface area (Å²) in [5.41, 5.74) is 3.34. The van der Waals surface area contributed by atoms with Crippen molar-refractivity contribution in [3.05, 3.63) is 54.1 Å². The normalized spacial score (nSPS) is 22.5. The Bertz CT molecular complexity index is 438. The summed E-state index contributed by atoms with van der Waals surface area (Å²) in [6, 6.07) is 8.22. The van der Waals surface area contributed by atoms with Crippen molar-refractivity contribution in [2.24, 2.45) is 4.99 Å². The maximum Gasteiger partial charge on any atom is 0.0675 e. The van der Waals surface area contributed by atoms with Crippen molar-refractivity contribution in [1.29, 1.82) is 0 Å². The molecular weight excluding hydrogens is 158 g/mol. The summed E-state index contributed by atoms with van der Waals surface area (Å²) >= 11 is 0. The van der Waals surface area contributed by atoms with Gasteiger partial charge >= 0.3 is 0 Å². The molecule has 2 aliphatic rings. The first-order chi connectivity index (χ1) is 6.45. The molecule has 1 nitrogen and oxygen atoms in total. The van der Waals surface area contributed by atoms with Gasteiger partial charge in [0.1, 0.15) is 0 Å². The molecule has 0 spiro atoms. The molecular formula is C12H7N. The number of nitrogens with zero attached hydrogens (tertiary/aromatic N) is 1. The van der Waals surface area contributed by atoms with Crippen LogP contribution in [-0.2, 0) is 0 Å². The van der Waals surface area contributed by atoms with Crippen LogP contribution in [0.25, 0.3) is 0 Å². The minimum absolute atomic E-state index is 0.317. The molecule has 0 amide bonds. The summed E-state index contributed by atoms with van der Waals surface area (Å²) in [5.74, 6) is 0.317. The number of fused-ring (bicyclic) bond motifs is 3. The predicted molar refractivity (Wildman–Crippen MR) is 51.9 cm³/mol. The number of aliphatic imine (C=N–C) groups is 1. The Morgan fingerprint density at radius 1 is 1.23 bits per heavy atom. The Balaban J connectivity index is 2.22. The second kappa shape index (κ2) is 2.43. The van der Waals surface area contributed by atoms with E-state index in [-0.39, 0.29) is 0 Å². The second-order valence-corrected chi connectivity index (χ2v) is 3.16. The van der Waals surface area contributed by atoms with E-state index >= 15 is 0 Å². The number of allylic oxidation sites excluding steroid dienone is 4. The Hall–Kier alpha value is -1.63. The predicted octanol–water partition coefficient (Wildman–Crippen LogP) is 2.59. The Morgan fingerprint density at radius 2 is 2.15 bits per heavy atom. The smallest absolute Gasteiger partial charge is 0.0675 e. The fourth-order valence-electron chi connectivity index (χ4n) is 1.76. The van der Waals surface area contributed by atoms with Gasteiger partial charge in [0, 0.05) is 12.0 Å². The monoisotopic (exact) mass is 165 g/mol. The minimum atomic E-state index is 0.317. The summed E-state index contributed by atoms with van der Waals surface area (Å²) < 4.78 is 0. The van der Waals surface area contributed by atoms with Gasteiger partial charge in [-0.25, -0.2) is 0 Å². The van der Waals surface area contributed by atoms with Crippen molar-refractivity contribution >= 4 is 11.4 Å². The third-order valence-corrected chi connectivity index (χ3v) is 2.38. The standard InChI is InChI=1S/C12H7N/c1-3-7-11-9(5-1)10-6-2-4-8-12(10)13-11/h1-3,5-7,10H. The van der Waals surface area contributed by atoms with Gasteiger partial charge in [-0.15, -0.1) is 0 Å². The molecule has 1 aliphatic heterocycles. The van der Waals surface area contributed by atoms with E-state index < -0.39 is 0 Å². The van der Waals surface area contributed by atoms with Gasteiger partial charge < -0.3 is 0 Å². The van der Waals surface area contributed by atoms with Crippen LogP contribution in [0.1, 0.15) is 11.5 Å². The number of rotatable bonds is 0. The van der Waals surface area contributed by atoms with E-state index in [4.69, 9.17) is 0 Å². The molecule has 3 rings (SSSR count). The largest absolute Gasteiger partial charge is 0.251 e. The van der Waals surface area contributed by atoms with Crippen molar-refractivity contribution in [1.82, 2.24) is 0 Å². The highest BCUT2D eigenvalue weighted by Crippen LogP contribution is 2.37. The maximum atomic E-state index is 4.47. The number of hydrogen-bond acceptors (Lipinski definition) is 1. The third kappa shape index (κ3) is 0.903. The maximum absolute atomic E-state index is 4.47. The number of benzene rings is 1. The fourth-order valence-corrected chi connectivity index (χ4v) is 1.76. The highest BCUT2D eigenvalue weighted by molar-refractivity contribution is 6.04. The van der Waals surface area contributed by atoms with Gasteiger partial charge in [-0.05, 0) is 17.7 Å². The Morgan fingerprint density at radius 3 is 3.15 bits per heavy atom. The van der Waals surface area contributed by atoms with E-state index in [0.29, 0.717) is 5.92 Å². The lowest BCUT2D eigenvalue weighted by atomic mass is 9.93.